The van der Waals surface area contributed by atoms with Crippen molar-refractivity contribution >= 4 is 39.2 Å². The second kappa shape index (κ2) is 5.92. The molecule has 108 valence electrons. The fourth-order valence-corrected chi connectivity index (χ4v) is 2.26. The molecule has 0 aliphatic carbocycles. The number of aromatic carboxylic acids is 1. The van der Waals surface area contributed by atoms with Crippen LogP contribution in [0.15, 0.2) is 40.9 Å². The van der Waals surface area contributed by atoms with Crippen LogP contribution in [0.5, 0.6) is 0 Å². The van der Waals surface area contributed by atoms with Crippen molar-refractivity contribution in [3.63, 3.8) is 0 Å². The molecule has 4 N–H and O–H groups in total. The Morgan fingerprint density at radius 3 is 2.52 bits per heavy atom. The Hall–Kier alpha value is -2.41. The van der Waals surface area contributed by atoms with E-state index in [1.807, 2.05) is 0 Å². The third-order valence-electron chi connectivity index (χ3n) is 2.64. The van der Waals surface area contributed by atoms with Crippen LogP contribution < -0.4 is 11.1 Å². The number of benzene rings is 2. The lowest BCUT2D eigenvalue weighted by molar-refractivity contribution is 0.0698. The number of halogens is 2. The average molecular weight is 353 g/mol. The molecule has 2 aromatic rings. The molecule has 2 rings (SSSR count). The summed E-state index contributed by atoms with van der Waals surface area (Å²) in [4.78, 5) is 23.2. The van der Waals surface area contributed by atoms with Gasteiger partial charge in [-0.05, 0) is 36.4 Å². The van der Waals surface area contributed by atoms with Crippen molar-refractivity contribution in [3.05, 3.63) is 57.8 Å². The average Bonchev–Trinajstić information content (AvgIpc) is 2.37. The van der Waals surface area contributed by atoms with Crippen LogP contribution >= 0.6 is 15.9 Å². The van der Waals surface area contributed by atoms with Crippen molar-refractivity contribution in [2.45, 2.75) is 0 Å². The Morgan fingerprint density at radius 1 is 1.19 bits per heavy atom. The molecule has 0 radical (unpaired) electrons. The molecule has 0 bridgehead atoms. The molecule has 0 heterocycles. The van der Waals surface area contributed by atoms with Crippen LogP contribution in [0.1, 0.15) is 20.7 Å². The maximum absolute atomic E-state index is 13.2. The number of carboxylic acids is 1. The maximum Gasteiger partial charge on any atom is 0.337 e. The summed E-state index contributed by atoms with van der Waals surface area (Å²) in [6, 6.07) is 7.61. The number of carboxylic acid groups (broad SMARTS) is 1. The van der Waals surface area contributed by atoms with Crippen molar-refractivity contribution in [3.8, 4) is 0 Å². The molecule has 7 heteroatoms. The molecule has 0 aromatic heterocycles. The number of anilines is 2. The first-order valence-corrected chi connectivity index (χ1v) is 6.56. The van der Waals surface area contributed by atoms with E-state index in [0.29, 0.717) is 10.2 Å². The van der Waals surface area contributed by atoms with Gasteiger partial charge in [0.25, 0.3) is 5.91 Å². The van der Waals surface area contributed by atoms with E-state index in [1.54, 1.807) is 6.07 Å². The second-order valence-corrected chi connectivity index (χ2v) is 5.14. The highest BCUT2D eigenvalue weighted by atomic mass is 79.9. The second-order valence-electron chi connectivity index (χ2n) is 4.22. The molecule has 0 atom stereocenters. The van der Waals surface area contributed by atoms with E-state index in [9.17, 15) is 14.0 Å². The van der Waals surface area contributed by atoms with Crippen LogP contribution in [0.3, 0.4) is 0 Å². The first-order chi connectivity index (χ1) is 9.86. The van der Waals surface area contributed by atoms with E-state index in [4.69, 9.17) is 10.8 Å². The first-order valence-electron chi connectivity index (χ1n) is 5.77. The lowest BCUT2D eigenvalue weighted by Gasteiger charge is -2.09. The first kappa shape index (κ1) is 15.0. The number of carbonyl (C=O) groups is 2. The van der Waals surface area contributed by atoms with E-state index in [2.05, 4.69) is 21.2 Å². The highest BCUT2D eigenvalue weighted by Crippen LogP contribution is 2.21. The van der Waals surface area contributed by atoms with Crippen LogP contribution in [-0.2, 0) is 0 Å². The van der Waals surface area contributed by atoms with Gasteiger partial charge in [-0.1, -0.05) is 15.9 Å². The van der Waals surface area contributed by atoms with Gasteiger partial charge in [0.2, 0.25) is 0 Å². The minimum Gasteiger partial charge on any atom is -0.478 e. The van der Waals surface area contributed by atoms with E-state index in [0.717, 1.165) is 18.2 Å². The Labute approximate surface area is 127 Å². The van der Waals surface area contributed by atoms with Crippen LogP contribution in [0.4, 0.5) is 15.8 Å². The van der Waals surface area contributed by atoms with Crippen LogP contribution in [0.2, 0.25) is 0 Å². The van der Waals surface area contributed by atoms with Crippen molar-refractivity contribution in [1.82, 2.24) is 0 Å². The predicted molar refractivity (Wildman–Crippen MR) is 79.9 cm³/mol. The highest BCUT2D eigenvalue weighted by molar-refractivity contribution is 9.10. The summed E-state index contributed by atoms with van der Waals surface area (Å²) in [6.07, 6.45) is 0. The number of nitrogens with two attached hydrogens (primary N) is 1. The standard InChI is InChI=1S/C14H10BrFN2O3/c15-8-3-7(4-10(17)5-8)13(19)18-12-6-9(16)1-2-11(12)14(20)21/h1-6H,17H2,(H,18,19)(H,20,21). The highest BCUT2D eigenvalue weighted by Gasteiger charge is 2.15. The van der Waals surface area contributed by atoms with E-state index < -0.39 is 17.7 Å². The molecule has 0 saturated heterocycles. The molecule has 5 nitrogen and oxygen atoms in total. The predicted octanol–water partition coefficient (Wildman–Crippen LogP) is 3.12. The van der Waals surface area contributed by atoms with Gasteiger partial charge in [-0.3, -0.25) is 4.79 Å². The number of hydrogen-bond donors (Lipinski definition) is 3. The quantitative estimate of drug-likeness (QED) is 0.740. The van der Waals surface area contributed by atoms with Crippen molar-refractivity contribution < 1.29 is 19.1 Å². The molecule has 2 aromatic carbocycles. The van der Waals surface area contributed by atoms with E-state index in [-0.39, 0.29) is 16.8 Å². The lowest BCUT2D eigenvalue weighted by Crippen LogP contribution is -2.15. The molecular weight excluding hydrogens is 343 g/mol. The topological polar surface area (TPSA) is 92.4 Å². The molecule has 1 amide bonds. The third kappa shape index (κ3) is 3.57. The molecule has 0 spiro atoms. The van der Waals surface area contributed by atoms with Gasteiger partial charge in [-0.15, -0.1) is 0 Å². The van der Waals surface area contributed by atoms with Gasteiger partial charge in [0.15, 0.2) is 0 Å². The minimum atomic E-state index is -1.26. The number of amides is 1. The Bertz CT molecular complexity index is 714. The zero-order valence-electron chi connectivity index (χ0n) is 10.6. The van der Waals surface area contributed by atoms with Gasteiger partial charge >= 0.3 is 5.97 Å². The Balaban J connectivity index is 2.35. The van der Waals surface area contributed by atoms with Gasteiger partial charge in [-0.2, -0.15) is 0 Å². The fraction of sp³-hybridized carbons (Fsp3) is 0. The van der Waals surface area contributed by atoms with Gasteiger partial charge in [0.1, 0.15) is 5.82 Å². The largest absolute Gasteiger partial charge is 0.478 e. The number of nitrogens with one attached hydrogen (secondary N) is 1. The molecule has 0 saturated carbocycles. The van der Waals surface area contributed by atoms with Gasteiger partial charge in [0, 0.05) is 15.7 Å². The summed E-state index contributed by atoms with van der Waals surface area (Å²) in [5.41, 5.74) is 5.90. The van der Waals surface area contributed by atoms with Gasteiger partial charge < -0.3 is 16.2 Å². The minimum absolute atomic E-state index is 0.119. The molecule has 0 aliphatic rings. The van der Waals surface area contributed by atoms with E-state index >= 15 is 0 Å². The summed E-state index contributed by atoms with van der Waals surface area (Å²) in [7, 11) is 0. The SMILES string of the molecule is Nc1cc(Br)cc(C(=O)Nc2cc(F)ccc2C(=O)O)c1. The monoisotopic (exact) mass is 352 g/mol. The number of carbonyl (C=O) groups excluding carboxylic acids is 1. The summed E-state index contributed by atoms with van der Waals surface area (Å²) < 4.78 is 13.8. The Kier molecular flexibility index (Phi) is 4.23. The molecular formula is C14H10BrFN2O3. The van der Waals surface area contributed by atoms with Crippen LogP contribution in [0.25, 0.3) is 0 Å². The third-order valence-corrected chi connectivity index (χ3v) is 3.10. The van der Waals surface area contributed by atoms with Gasteiger partial charge in [-0.25, -0.2) is 9.18 Å². The van der Waals surface area contributed by atoms with Crippen LogP contribution in [-0.4, -0.2) is 17.0 Å². The zero-order chi connectivity index (χ0) is 15.6. The Morgan fingerprint density at radius 2 is 1.90 bits per heavy atom. The zero-order valence-corrected chi connectivity index (χ0v) is 12.1. The summed E-state index contributed by atoms with van der Waals surface area (Å²) in [5, 5.41) is 11.4. The summed E-state index contributed by atoms with van der Waals surface area (Å²) in [5.74, 6) is -2.50. The van der Waals surface area contributed by atoms with Crippen molar-refractivity contribution in [2.24, 2.45) is 0 Å². The molecule has 0 fully saturated rings. The summed E-state index contributed by atoms with van der Waals surface area (Å²) >= 11 is 3.20. The maximum atomic E-state index is 13.2. The molecule has 0 unspecified atom stereocenters. The number of rotatable bonds is 3. The van der Waals surface area contributed by atoms with Gasteiger partial charge in [0.05, 0.1) is 11.3 Å². The fourth-order valence-electron chi connectivity index (χ4n) is 1.74. The molecule has 0 aliphatic heterocycles. The van der Waals surface area contributed by atoms with Crippen molar-refractivity contribution in [1.29, 1.82) is 0 Å². The smallest absolute Gasteiger partial charge is 0.337 e. The number of hydrogen-bond acceptors (Lipinski definition) is 3. The molecule has 21 heavy (non-hydrogen) atoms. The number of nitrogen functional groups attached to an aromatic ring is 1. The van der Waals surface area contributed by atoms with Crippen molar-refractivity contribution in [2.75, 3.05) is 11.1 Å². The van der Waals surface area contributed by atoms with E-state index in [1.165, 1.54) is 12.1 Å². The van der Waals surface area contributed by atoms with Crippen LogP contribution in [0, 0.1) is 5.82 Å². The normalized spacial score (nSPS) is 10.2. The lowest BCUT2D eigenvalue weighted by atomic mass is 10.1. The summed E-state index contributed by atoms with van der Waals surface area (Å²) in [6.45, 7) is 0.